The molecule has 7 heteroatoms. The van der Waals surface area contributed by atoms with Crippen LogP contribution in [0, 0.1) is 0 Å². The number of para-hydroxylation sites is 2. The van der Waals surface area contributed by atoms with Gasteiger partial charge in [0.2, 0.25) is 5.91 Å². The molecule has 5 aromatic rings. The van der Waals surface area contributed by atoms with Crippen molar-refractivity contribution in [2.75, 3.05) is 5.32 Å². The Balaban J connectivity index is 1.24. The SMILES string of the molecule is O=C(/C=C/c1ccc(-c2ccc(Cl)cc2Cl)o1)Nc1ccc(-c2nc3ccccc3[nH]2)cc1. The van der Waals surface area contributed by atoms with Crippen molar-refractivity contribution >= 4 is 51.9 Å². The number of aromatic amines is 1. The molecule has 0 radical (unpaired) electrons. The molecular weight excluding hydrogens is 457 g/mol. The van der Waals surface area contributed by atoms with Crippen molar-refractivity contribution in [2.45, 2.75) is 0 Å². The van der Waals surface area contributed by atoms with E-state index in [-0.39, 0.29) is 5.91 Å². The predicted molar refractivity (Wildman–Crippen MR) is 133 cm³/mol. The largest absolute Gasteiger partial charge is 0.457 e. The van der Waals surface area contributed by atoms with E-state index in [1.807, 2.05) is 48.5 Å². The molecule has 0 unspecified atom stereocenters. The molecule has 0 saturated carbocycles. The average molecular weight is 474 g/mol. The Morgan fingerprint density at radius 3 is 2.58 bits per heavy atom. The van der Waals surface area contributed by atoms with Crippen LogP contribution in [0.15, 0.2) is 89.4 Å². The van der Waals surface area contributed by atoms with Gasteiger partial charge in [0.15, 0.2) is 0 Å². The van der Waals surface area contributed by atoms with Gasteiger partial charge in [-0.05, 0) is 72.8 Å². The van der Waals surface area contributed by atoms with Crippen LogP contribution in [-0.4, -0.2) is 15.9 Å². The van der Waals surface area contributed by atoms with Crippen LogP contribution in [0.2, 0.25) is 10.0 Å². The summed E-state index contributed by atoms with van der Waals surface area (Å²) < 4.78 is 5.78. The summed E-state index contributed by atoms with van der Waals surface area (Å²) in [5.74, 6) is 1.64. The minimum Gasteiger partial charge on any atom is -0.457 e. The summed E-state index contributed by atoms with van der Waals surface area (Å²) in [5, 5.41) is 3.89. The van der Waals surface area contributed by atoms with E-state index in [1.54, 1.807) is 36.4 Å². The second kappa shape index (κ2) is 8.98. The van der Waals surface area contributed by atoms with Crippen molar-refractivity contribution in [2.24, 2.45) is 0 Å². The quantitative estimate of drug-likeness (QED) is 0.260. The number of hydrogen-bond donors (Lipinski definition) is 2. The molecule has 2 heterocycles. The Morgan fingerprint density at radius 1 is 0.970 bits per heavy atom. The van der Waals surface area contributed by atoms with Crippen molar-refractivity contribution in [3.8, 4) is 22.7 Å². The van der Waals surface area contributed by atoms with Crippen LogP contribution in [0.4, 0.5) is 5.69 Å². The molecule has 0 spiro atoms. The van der Waals surface area contributed by atoms with Gasteiger partial charge < -0.3 is 14.7 Å². The second-order valence-electron chi connectivity index (χ2n) is 7.33. The number of H-pyrrole nitrogens is 1. The molecule has 0 saturated heterocycles. The monoisotopic (exact) mass is 473 g/mol. The van der Waals surface area contributed by atoms with E-state index in [0.717, 1.165) is 28.0 Å². The van der Waals surface area contributed by atoms with Crippen LogP contribution >= 0.6 is 23.2 Å². The molecule has 0 aliphatic rings. The average Bonchev–Trinajstić information content (AvgIpc) is 3.45. The summed E-state index contributed by atoms with van der Waals surface area (Å²) in [4.78, 5) is 20.2. The third-order valence-corrected chi connectivity index (χ3v) is 5.59. The summed E-state index contributed by atoms with van der Waals surface area (Å²) in [6.07, 6.45) is 3.02. The second-order valence-corrected chi connectivity index (χ2v) is 8.17. The number of imidazole rings is 1. The van der Waals surface area contributed by atoms with Crippen LogP contribution in [0.5, 0.6) is 0 Å². The molecule has 2 N–H and O–H groups in total. The Bertz CT molecular complexity index is 1450. The Kier molecular flexibility index (Phi) is 5.73. The topological polar surface area (TPSA) is 70.9 Å². The lowest BCUT2D eigenvalue weighted by Gasteiger charge is -2.03. The fraction of sp³-hybridized carbons (Fsp3) is 0. The molecule has 0 aliphatic carbocycles. The number of nitrogens with zero attached hydrogens (tertiary/aromatic N) is 1. The molecule has 5 rings (SSSR count). The molecule has 33 heavy (non-hydrogen) atoms. The first-order valence-corrected chi connectivity index (χ1v) is 10.9. The van der Waals surface area contributed by atoms with Crippen molar-refractivity contribution in [3.63, 3.8) is 0 Å². The molecular formula is C26H17Cl2N3O2. The van der Waals surface area contributed by atoms with E-state index in [0.29, 0.717) is 27.3 Å². The zero-order chi connectivity index (χ0) is 22.8. The van der Waals surface area contributed by atoms with E-state index < -0.39 is 0 Å². The van der Waals surface area contributed by atoms with Crippen LogP contribution in [0.1, 0.15) is 5.76 Å². The van der Waals surface area contributed by atoms with Gasteiger partial charge >= 0.3 is 0 Å². The first-order valence-electron chi connectivity index (χ1n) is 10.1. The number of aromatic nitrogens is 2. The van der Waals surface area contributed by atoms with Crippen LogP contribution in [0.3, 0.4) is 0 Å². The maximum atomic E-state index is 12.3. The number of fused-ring (bicyclic) bond motifs is 1. The first kappa shape index (κ1) is 21.1. The van der Waals surface area contributed by atoms with Crippen molar-refractivity contribution in [3.05, 3.63) is 101 Å². The summed E-state index contributed by atoms with van der Waals surface area (Å²) in [7, 11) is 0. The van der Waals surface area contributed by atoms with Gasteiger partial charge in [-0.3, -0.25) is 4.79 Å². The number of rotatable bonds is 5. The number of benzene rings is 3. The summed E-state index contributed by atoms with van der Waals surface area (Å²) in [6, 6.07) is 24.1. The first-order chi connectivity index (χ1) is 16.0. The zero-order valence-corrected chi connectivity index (χ0v) is 18.7. The number of halogens is 2. The molecule has 1 amide bonds. The number of nitrogens with one attached hydrogen (secondary N) is 2. The Morgan fingerprint density at radius 2 is 1.79 bits per heavy atom. The predicted octanol–water partition coefficient (Wildman–Crippen LogP) is 7.45. The molecule has 2 aromatic heterocycles. The molecule has 0 aliphatic heterocycles. The maximum absolute atomic E-state index is 12.3. The number of anilines is 1. The summed E-state index contributed by atoms with van der Waals surface area (Å²) in [6.45, 7) is 0. The van der Waals surface area contributed by atoms with Crippen molar-refractivity contribution < 1.29 is 9.21 Å². The Labute approximate surface area is 199 Å². The molecule has 0 bridgehead atoms. The van der Waals surface area contributed by atoms with Crippen molar-refractivity contribution in [1.82, 2.24) is 9.97 Å². The number of amides is 1. The lowest BCUT2D eigenvalue weighted by molar-refractivity contribution is -0.111. The van der Waals surface area contributed by atoms with Crippen molar-refractivity contribution in [1.29, 1.82) is 0 Å². The number of furan rings is 1. The van der Waals surface area contributed by atoms with Gasteiger partial charge in [0.25, 0.3) is 0 Å². The third kappa shape index (κ3) is 4.70. The highest BCUT2D eigenvalue weighted by Gasteiger charge is 2.09. The minimum atomic E-state index is -0.269. The zero-order valence-electron chi connectivity index (χ0n) is 17.2. The summed E-state index contributed by atoms with van der Waals surface area (Å²) in [5.41, 5.74) is 4.24. The van der Waals surface area contributed by atoms with Gasteiger partial charge in [-0.1, -0.05) is 35.3 Å². The molecule has 3 aromatic carbocycles. The van der Waals surface area contributed by atoms with E-state index in [1.165, 1.54) is 6.08 Å². The van der Waals surface area contributed by atoms with E-state index in [4.69, 9.17) is 27.6 Å². The fourth-order valence-electron chi connectivity index (χ4n) is 3.42. The summed E-state index contributed by atoms with van der Waals surface area (Å²) >= 11 is 12.2. The normalized spacial score (nSPS) is 11.3. The van der Waals surface area contributed by atoms with E-state index >= 15 is 0 Å². The van der Waals surface area contributed by atoms with Gasteiger partial charge in [-0.2, -0.15) is 0 Å². The standard InChI is InChI=1S/C26H17Cl2N3O2/c27-17-7-12-20(21(28)15-17)24-13-10-19(33-24)11-14-25(32)29-18-8-5-16(6-9-18)26-30-22-3-1-2-4-23(22)31-26/h1-15H,(H,29,32)(H,30,31)/b14-11+. The molecule has 5 nitrogen and oxygen atoms in total. The molecule has 162 valence electrons. The number of carbonyl (C=O) groups is 1. The number of carbonyl (C=O) groups excluding carboxylic acids is 1. The van der Waals surface area contributed by atoms with Crippen LogP contribution < -0.4 is 5.32 Å². The van der Waals surface area contributed by atoms with Gasteiger partial charge in [0, 0.05) is 27.9 Å². The minimum absolute atomic E-state index is 0.269. The van der Waals surface area contributed by atoms with Gasteiger partial charge in [0.05, 0.1) is 16.1 Å². The number of hydrogen-bond acceptors (Lipinski definition) is 3. The van der Waals surface area contributed by atoms with Gasteiger partial charge in [-0.15, -0.1) is 0 Å². The lowest BCUT2D eigenvalue weighted by Crippen LogP contribution is -2.07. The molecule has 0 fully saturated rings. The smallest absolute Gasteiger partial charge is 0.248 e. The van der Waals surface area contributed by atoms with Crippen LogP contribution in [-0.2, 0) is 4.79 Å². The lowest BCUT2D eigenvalue weighted by atomic mass is 10.2. The highest BCUT2D eigenvalue weighted by atomic mass is 35.5. The van der Waals surface area contributed by atoms with Gasteiger partial charge in [0.1, 0.15) is 17.3 Å². The van der Waals surface area contributed by atoms with Crippen LogP contribution in [0.25, 0.3) is 39.8 Å². The third-order valence-electron chi connectivity index (χ3n) is 5.04. The molecule has 0 atom stereocenters. The van der Waals surface area contributed by atoms with Gasteiger partial charge in [-0.25, -0.2) is 4.98 Å². The van der Waals surface area contributed by atoms with E-state index in [9.17, 15) is 4.79 Å². The van der Waals surface area contributed by atoms with E-state index in [2.05, 4.69) is 15.3 Å². The highest BCUT2D eigenvalue weighted by molar-refractivity contribution is 6.36. The highest BCUT2D eigenvalue weighted by Crippen LogP contribution is 2.31. The Hall–Kier alpha value is -3.80. The fourth-order valence-corrected chi connectivity index (χ4v) is 3.92. The maximum Gasteiger partial charge on any atom is 0.248 e.